The van der Waals surface area contributed by atoms with Gasteiger partial charge in [-0.25, -0.2) is 13.4 Å². The molecule has 1 aromatic rings. The molecule has 0 N–H and O–H groups in total. The molecule has 0 aliphatic carbocycles. The molecule has 0 unspecified atom stereocenters. The molecule has 6 nitrogen and oxygen atoms in total. The van der Waals surface area contributed by atoms with Crippen LogP contribution < -0.4 is 0 Å². The number of hydrogen-bond donors (Lipinski definition) is 0. The Morgan fingerprint density at radius 1 is 1.60 bits per heavy atom. The summed E-state index contributed by atoms with van der Waals surface area (Å²) in [6.07, 6.45) is 0.822. The molecule has 0 radical (unpaired) electrons. The van der Waals surface area contributed by atoms with Crippen molar-refractivity contribution in [3.05, 3.63) is 39.4 Å². The average molecular weight is 249 g/mol. The number of halogens is 1. The summed E-state index contributed by atoms with van der Waals surface area (Å²) in [4.78, 5) is 13.0. The summed E-state index contributed by atoms with van der Waals surface area (Å²) in [5, 5.41) is 10.3. The van der Waals surface area contributed by atoms with Crippen LogP contribution in [0.3, 0.4) is 0 Å². The van der Waals surface area contributed by atoms with E-state index in [4.69, 9.17) is 11.6 Å². The number of sulfone groups is 1. The Bertz CT molecular complexity index is 526. The predicted octanol–water partition coefficient (Wildman–Crippen LogP) is 1.56. The van der Waals surface area contributed by atoms with Crippen LogP contribution in [0.2, 0.25) is 5.02 Å². The van der Waals surface area contributed by atoms with E-state index in [0.717, 1.165) is 12.3 Å². The monoisotopic (exact) mass is 248 g/mol. The van der Waals surface area contributed by atoms with E-state index in [1.807, 2.05) is 0 Å². The van der Waals surface area contributed by atoms with Crippen molar-refractivity contribution >= 4 is 27.1 Å². The molecule has 80 valence electrons. The van der Waals surface area contributed by atoms with Gasteiger partial charge in [-0.1, -0.05) is 18.2 Å². The molecule has 0 saturated heterocycles. The molecule has 15 heavy (non-hydrogen) atoms. The normalized spacial score (nSPS) is 11.0. The third-order valence-corrected chi connectivity index (χ3v) is 3.20. The summed E-state index contributed by atoms with van der Waals surface area (Å²) in [5.41, 5.74) is -0.372. The van der Waals surface area contributed by atoms with Crippen LogP contribution in [-0.4, -0.2) is 18.3 Å². The van der Waals surface area contributed by atoms with Crippen molar-refractivity contribution in [1.29, 1.82) is 0 Å². The first kappa shape index (κ1) is 11.6. The van der Waals surface area contributed by atoms with E-state index in [2.05, 4.69) is 11.6 Å². The topological polar surface area (TPSA) is 90.2 Å². The van der Waals surface area contributed by atoms with Gasteiger partial charge in [-0.05, 0) is 0 Å². The van der Waals surface area contributed by atoms with Crippen LogP contribution in [0.15, 0.2) is 29.3 Å². The van der Waals surface area contributed by atoms with Crippen molar-refractivity contribution in [2.75, 3.05) is 0 Å². The lowest BCUT2D eigenvalue weighted by Crippen LogP contribution is -2.01. The molecular weight excluding hydrogens is 244 g/mol. The zero-order chi connectivity index (χ0) is 11.6. The largest absolute Gasteiger partial charge is 0.289 e. The SMILES string of the molecule is C=CS(=O)(=O)c1ncc([N+](=O)[O-])cc1Cl. The second-order valence-corrected chi connectivity index (χ2v) is 4.67. The van der Waals surface area contributed by atoms with E-state index in [-0.39, 0.29) is 10.7 Å². The van der Waals surface area contributed by atoms with Gasteiger partial charge in [0.05, 0.1) is 9.95 Å². The highest BCUT2D eigenvalue weighted by Crippen LogP contribution is 2.24. The fraction of sp³-hybridized carbons (Fsp3) is 0. The lowest BCUT2D eigenvalue weighted by Gasteiger charge is -1.99. The maximum absolute atomic E-state index is 11.3. The van der Waals surface area contributed by atoms with Gasteiger partial charge in [-0.15, -0.1) is 0 Å². The molecule has 0 spiro atoms. The number of nitrogens with zero attached hydrogens (tertiary/aromatic N) is 2. The van der Waals surface area contributed by atoms with E-state index in [9.17, 15) is 18.5 Å². The molecule has 1 aromatic heterocycles. The maximum Gasteiger partial charge on any atom is 0.289 e. The fourth-order valence-corrected chi connectivity index (χ4v) is 1.97. The number of pyridine rings is 1. The second kappa shape index (κ2) is 3.95. The van der Waals surface area contributed by atoms with Gasteiger partial charge >= 0.3 is 0 Å². The van der Waals surface area contributed by atoms with Crippen molar-refractivity contribution in [2.24, 2.45) is 0 Å². The molecular formula is C7H5ClN2O4S. The molecule has 0 aliphatic heterocycles. The molecule has 8 heteroatoms. The molecule has 0 fully saturated rings. The van der Waals surface area contributed by atoms with Gasteiger partial charge in [0.15, 0.2) is 5.03 Å². The van der Waals surface area contributed by atoms with E-state index >= 15 is 0 Å². The molecule has 0 amide bonds. The molecule has 0 bridgehead atoms. The average Bonchev–Trinajstić information content (AvgIpc) is 2.17. The number of hydrogen-bond acceptors (Lipinski definition) is 5. The third-order valence-electron chi connectivity index (χ3n) is 1.49. The third kappa shape index (κ3) is 2.31. The van der Waals surface area contributed by atoms with Gasteiger partial charge in [0.1, 0.15) is 6.20 Å². The highest BCUT2D eigenvalue weighted by atomic mass is 35.5. The summed E-state index contributed by atoms with van der Waals surface area (Å²) in [5.74, 6) is 0. The van der Waals surface area contributed by atoms with E-state index < -0.39 is 19.8 Å². The minimum absolute atomic E-state index is 0.302. The quantitative estimate of drug-likeness (QED) is 0.598. The highest BCUT2D eigenvalue weighted by molar-refractivity contribution is 7.94. The van der Waals surface area contributed by atoms with Gasteiger partial charge in [0.25, 0.3) is 5.69 Å². The molecule has 0 atom stereocenters. The van der Waals surface area contributed by atoms with Crippen molar-refractivity contribution in [3.63, 3.8) is 0 Å². The summed E-state index contributed by atoms with van der Waals surface area (Å²) >= 11 is 5.54. The van der Waals surface area contributed by atoms with Crippen LogP contribution in [0.5, 0.6) is 0 Å². The molecule has 0 saturated carbocycles. The minimum atomic E-state index is -3.77. The van der Waals surface area contributed by atoms with Crippen LogP contribution >= 0.6 is 11.6 Å². The standard InChI is InChI=1S/C7H5ClN2O4S/c1-2-15(13,14)7-6(8)3-5(4-9-7)10(11)12/h2-4H,1H2. The Kier molecular flexibility index (Phi) is 3.06. The lowest BCUT2D eigenvalue weighted by molar-refractivity contribution is -0.385. The second-order valence-electron chi connectivity index (χ2n) is 2.45. The molecule has 1 heterocycles. The van der Waals surface area contributed by atoms with Gasteiger partial charge in [0.2, 0.25) is 9.84 Å². The van der Waals surface area contributed by atoms with Crippen LogP contribution in [0, 0.1) is 10.1 Å². The van der Waals surface area contributed by atoms with E-state index in [1.165, 1.54) is 0 Å². The highest BCUT2D eigenvalue weighted by Gasteiger charge is 2.19. The zero-order valence-corrected chi connectivity index (χ0v) is 8.83. The first-order valence-corrected chi connectivity index (χ1v) is 5.48. The first-order chi connectivity index (χ1) is 6.88. The summed E-state index contributed by atoms with van der Waals surface area (Å²) in [6.45, 7) is 3.09. The van der Waals surface area contributed by atoms with E-state index in [1.54, 1.807) is 0 Å². The van der Waals surface area contributed by atoms with Crippen molar-refractivity contribution < 1.29 is 13.3 Å². The summed E-state index contributed by atoms with van der Waals surface area (Å²) < 4.78 is 22.5. The Hall–Kier alpha value is -1.47. The maximum atomic E-state index is 11.3. The van der Waals surface area contributed by atoms with Gasteiger partial charge in [-0.2, -0.15) is 0 Å². The fourth-order valence-electron chi connectivity index (χ4n) is 0.803. The number of rotatable bonds is 3. The number of nitro groups is 1. The van der Waals surface area contributed by atoms with Crippen LogP contribution in [-0.2, 0) is 9.84 Å². The van der Waals surface area contributed by atoms with Gasteiger partial charge in [0, 0.05) is 11.5 Å². The van der Waals surface area contributed by atoms with Crippen molar-refractivity contribution in [1.82, 2.24) is 4.98 Å². The first-order valence-electron chi connectivity index (χ1n) is 3.56. The molecule has 1 rings (SSSR count). The summed E-state index contributed by atoms with van der Waals surface area (Å²) in [7, 11) is -3.77. The Labute approximate surface area is 90.3 Å². The van der Waals surface area contributed by atoms with Crippen molar-refractivity contribution in [2.45, 2.75) is 5.03 Å². The van der Waals surface area contributed by atoms with Crippen LogP contribution in [0.1, 0.15) is 0 Å². The summed E-state index contributed by atoms with van der Waals surface area (Å²) in [6, 6.07) is 0.922. The van der Waals surface area contributed by atoms with Crippen LogP contribution in [0.4, 0.5) is 5.69 Å². The Morgan fingerprint density at radius 2 is 2.20 bits per heavy atom. The Morgan fingerprint density at radius 3 is 2.60 bits per heavy atom. The lowest BCUT2D eigenvalue weighted by atomic mass is 10.4. The minimum Gasteiger partial charge on any atom is -0.258 e. The van der Waals surface area contributed by atoms with Crippen LogP contribution in [0.25, 0.3) is 0 Å². The van der Waals surface area contributed by atoms with Crippen molar-refractivity contribution in [3.8, 4) is 0 Å². The number of aromatic nitrogens is 1. The van der Waals surface area contributed by atoms with Gasteiger partial charge < -0.3 is 0 Å². The zero-order valence-electron chi connectivity index (χ0n) is 7.25. The predicted molar refractivity (Wildman–Crippen MR) is 53.3 cm³/mol. The van der Waals surface area contributed by atoms with Gasteiger partial charge in [-0.3, -0.25) is 10.1 Å². The molecule has 0 aromatic carbocycles. The Balaban J connectivity index is 3.38. The molecule has 0 aliphatic rings. The smallest absolute Gasteiger partial charge is 0.258 e. The van der Waals surface area contributed by atoms with E-state index in [0.29, 0.717) is 5.41 Å².